The standard InChI is InChI=1S/C13H13N7OS/c1-7-3-2-4-8(5-7)10-19-20-13(21-10)22-6-9-16-11(14)18-12(15)17-9/h2-5H,6H2,1H3,(H4,14,15,16,17,18). The largest absolute Gasteiger partial charge is 0.411 e. The van der Waals surface area contributed by atoms with E-state index in [0.29, 0.717) is 22.7 Å². The molecule has 3 rings (SSSR count). The Morgan fingerprint density at radius 1 is 1.09 bits per heavy atom. The summed E-state index contributed by atoms with van der Waals surface area (Å²) in [6.45, 7) is 2.01. The van der Waals surface area contributed by atoms with Gasteiger partial charge in [0.05, 0.1) is 5.75 Å². The lowest BCUT2D eigenvalue weighted by atomic mass is 10.1. The molecular weight excluding hydrogens is 302 g/mol. The minimum absolute atomic E-state index is 0.0917. The van der Waals surface area contributed by atoms with Gasteiger partial charge in [-0.05, 0) is 19.1 Å². The Kier molecular flexibility index (Phi) is 3.88. The number of hydrogen-bond donors (Lipinski definition) is 2. The van der Waals surface area contributed by atoms with Gasteiger partial charge in [-0.1, -0.05) is 29.5 Å². The molecule has 9 heteroatoms. The number of aromatic nitrogens is 5. The molecule has 3 aromatic rings. The normalized spacial score (nSPS) is 10.8. The molecule has 0 radical (unpaired) electrons. The number of thioether (sulfide) groups is 1. The Bertz CT molecular complexity index is 784. The molecule has 0 atom stereocenters. The van der Waals surface area contributed by atoms with Crippen molar-refractivity contribution in [2.45, 2.75) is 17.9 Å². The number of anilines is 2. The average Bonchev–Trinajstić information content (AvgIpc) is 2.93. The Morgan fingerprint density at radius 3 is 2.59 bits per heavy atom. The number of nitrogens with zero attached hydrogens (tertiary/aromatic N) is 5. The molecule has 0 saturated heterocycles. The monoisotopic (exact) mass is 315 g/mol. The highest BCUT2D eigenvalue weighted by Crippen LogP contribution is 2.25. The second-order valence-electron chi connectivity index (χ2n) is 4.50. The van der Waals surface area contributed by atoms with Crippen LogP contribution in [0.25, 0.3) is 11.5 Å². The zero-order valence-corrected chi connectivity index (χ0v) is 12.5. The van der Waals surface area contributed by atoms with Crippen molar-refractivity contribution in [2.75, 3.05) is 11.5 Å². The molecule has 0 amide bonds. The van der Waals surface area contributed by atoms with Gasteiger partial charge in [-0.3, -0.25) is 0 Å². The lowest BCUT2D eigenvalue weighted by molar-refractivity contribution is 0.465. The molecule has 112 valence electrons. The van der Waals surface area contributed by atoms with Gasteiger partial charge in [-0.15, -0.1) is 10.2 Å². The van der Waals surface area contributed by atoms with Gasteiger partial charge in [-0.25, -0.2) is 0 Å². The van der Waals surface area contributed by atoms with Crippen molar-refractivity contribution in [3.05, 3.63) is 35.7 Å². The van der Waals surface area contributed by atoms with Crippen LogP contribution in [0.1, 0.15) is 11.4 Å². The van der Waals surface area contributed by atoms with Gasteiger partial charge in [0.2, 0.25) is 17.8 Å². The smallest absolute Gasteiger partial charge is 0.277 e. The molecule has 0 aliphatic rings. The van der Waals surface area contributed by atoms with Crippen LogP contribution in [0.3, 0.4) is 0 Å². The maximum atomic E-state index is 5.61. The molecule has 0 aliphatic heterocycles. The Balaban J connectivity index is 1.72. The van der Waals surface area contributed by atoms with Crippen LogP contribution < -0.4 is 11.5 Å². The second kappa shape index (κ2) is 5.98. The summed E-state index contributed by atoms with van der Waals surface area (Å²) in [5.41, 5.74) is 13.0. The molecule has 1 aromatic carbocycles. The molecule has 22 heavy (non-hydrogen) atoms. The molecular formula is C13H13N7OS. The maximum Gasteiger partial charge on any atom is 0.277 e. The number of rotatable bonds is 4. The topological polar surface area (TPSA) is 130 Å². The van der Waals surface area contributed by atoms with Crippen LogP contribution in [0.4, 0.5) is 11.9 Å². The first-order valence-electron chi connectivity index (χ1n) is 6.39. The first kappa shape index (κ1) is 14.3. The first-order chi connectivity index (χ1) is 10.6. The highest BCUT2D eigenvalue weighted by atomic mass is 32.2. The highest BCUT2D eigenvalue weighted by Gasteiger charge is 2.11. The lowest BCUT2D eigenvalue weighted by Crippen LogP contribution is -2.05. The molecule has 2 aromatic heterocycles. The molecule has 0 unspecified atom stereocenters. The van der Waals surface area contributed by atoms with E-state index in [2.05, 4.69) is 25.1 Å². The Hall–Kier alpha value is -2.68. The fourth-order valence-electron chi connectivity index (χ4n) is 1.81. The third-order valence-corrected chi connectivity index (χ3v) is 3.53. The van der Waals surface area contributed by atoms with Gasteiger partial charge < -0.3 is 15.9 Å². The van der Waals surface area contributed by atoms with Crippen molar-refractivity contribution in [1.29, 1.82) is 0 Å². The van der Waals surface area contributed by atoms with E-state index < -0.39 is 0 Å². The number of nitrogens with two attached hydrogens (primary N) is 2. The van der Waals surface area contributed by atoms with E-state index in [1.165, 1.54) is 11.8 Å². The molecule has 2 heterocycles. The minimum atomic E-state index is 0.0917. The fourth-order valence-corrected chi connectivity index (χ4v) is 2.43. The summed E-state index contributed by atoms with van der Waals surface area (Å²) in [7, 11) is 0. The van der Waals surface area contributed by atoms with Crippen molar-refractivity contribution in [2.24, 2.45) is 0 Å². The van der Waals surface area contributed by atoms with Crippen LogP contribution in [0.5, 0.6) is 0 Å². The van der Waals surface area contributed by atoms with Crippen LogP contribution in [-0.4, -0.2) is 25.1 Å². The molecule has 8 nitrogen and oxygen atoms in total. The van der Waals surface area contributed by atoms with Gasteiger partial charge in [-0.2, -0.15) is 15.0 Å². The summed E-state index contributed by atoms with van der Waals surface area (Å²) in [5.74, 6) is 1.53. The van der Waals surface area contributed by atoms with Gasteiger partial charge in [0.1, 0.15) is 5.82 Å². The number of benzene rings is 1. The fraction of sp³-hybridized carbons (Fsp3) is 0.154. The molecule has 0 saturated carbocycles. The van der Waals surface area contributed by atoms with E-state index >= 15 is 0 Å². The van der Waals surface area contributed by atoms with Crippen molar-refractivity contribution in [3.63, 3.8) is 0 Å². The summed E-state index contributed by atoms with van der Waals surface area (Å²) in [5, 5.41) is 8.45. The van der Waals surface area contributed by atoms with E-state index in [1.54, 1.807) is 0 Å². The maximum absolute atomic E-state index is 5.61. The Labute approximate surface area is 130 Å². The zero-order chi connectivity index (χ0) is 15.5. The van der Waals surface area contributed by atoms with Crippen LogP contribution in [0.2, 0.25) is 0 Å². The SMILES string of the molecule is Cc1cccc(-c2nnc(SCc3nc(N)nc(N)n3)o2)c1. The first-order valence-corrected chi connectivity index (χ1v) is 7.38. The number of nitrogen functional groups attached to an aromatic ring is 2. The van der Waals surface area contributed by atoms with E-state index in [0.717, 1.165) is 11.1 Å². The summed E-state index contributed by atoms with van der Waals surface area (Å²) < 4.78 is 5.61. The molecule has 0 spiro atoms. The number of hydrogen-bond acceptors (Lipinski definition) is 9. The van der Waals surface area contributed by atoms with E-state index in [-0.39, 0.29) is 11.9 Å². The van der Waals surface area contributed by atoms with E-state index in [1.807, 2.05) is 31.2 Å². The predicted molar refractivity (Wildman–Crippen MR) is 82.7 cm³/mol. The molecule has 0 bridgehead atoms. The zero-order valence-electron chi connectivity index (χ0n) is 11.7. The predicted octanol–water partition coefficient (Wildman–Crippen LogP) is 1.69. The summed E-state index contributed by atoms with van der Waals surface area (Å²) in [6, 6.07) is 7.85. The summed E-state index contributed by atoms with van der Waals surface area (Å²) in [6.07, 6.45) is 0. The Morgan fingerprint density at radius 2 is 1.86 bits per heavy atom. The lowest BCUT2D eigenvalue weighted by Gasteiger charge is -1.99. The third kappa shape index (κ3) is 3.31. The number of aryl methyl sites for hydroxylation is 1. The van der Waals surface area contributed by atoms with Crippen molar-refractivity contribution in [1.82, 2.24) is 25.1 Å². The second-order valence-corrected chi connectivity index (χ2v) is 5.43. The van der Waals surface area contributed by atoms with Gasteiger partial charge in [0, 0.05) is 5.56 Å². The minimum Gasteiger partial charge on any atom is -0.411 e. The quantitative estimate of drug-likeness (QED) is 0.690. The highest BCUT2D eigenvalue weighted by molar-refractivity contribution is 7.98. The summed E-state index contributed by atoms with van der Waals surface area (Å²) in [4.78, 5) is 11.7. The molecule has 0 fully saturated rings. The van der Waals surface area contributed by atoms with Crippen molar-refractivity contribution in [3.8, 4) is 11.5 Å². The van der Waals surface area contributed by atoms with Crippen molar-refractivity contribution >= 4 is 23.7 Å². The van der Waals surface area contributed by atoms with Gasteiger partial charge >= 0.3 is 0 Å². The van der Waals surface area contributed by atoms with Crippen molar-refractivity contribution < 1.29 is 4.42 Å². The van der Waals surface area contributed by atoms with E-state index in [4.69, 9.17) is 15.9 Å². The summed E-state index contributed by atoms with van der Waals surface area (Å²) >= 11 is 1.31. The third-order valence-electron chi connectivity index (χ3n) is 2.71. The molecule has 4 N–H and O–H groups in total. The van der Waals surface area contributed by atoms with Gasteiger partial charge in [0.15, 0.2) is 0 Å². The van der Waals surface area contributed by atoms with Crippen LogP contribution in [0.15, 0.2) is 33.9 Å². The van der Waals surface area contributed by atoms with E-state index in [9.17, 15) is 0 Å². The van der Waals surface area contributed by atoms with Crippen LogP contribution >= 0.6 is 11.8 Å². The molecule has 0 aliphatic carbocycles. The van der Waals surface area contributed by atoms with Crippen LogP contribution in [-0.2, 0) is 5.75 Å². The average molecular weight is 315 g/mol. The van der Waals surface area contributed by atoms with Crippen LogP contribution in [0, 0.1) is 6.92 Å². The van der Waals surface area contributed by atoms with Gasteiger partial charge in [0.25, 0.3) is 5.22 Å².